The van der Waals surface area contributed by atoms with E-state index < -0.39 is 23.2 Å². The molecule has 9 heteroatoms. The monoisotopic (exact) mass is 519 g/mol. The van der Waals surface area contributed by atoms with Crippen molar-refractivity contribution in [1.82, 2.24) is 10.7 Å². The molecule has 0 spiro atoms. The Kier molecular flexibility index (Phi) is 7.47. The number of halogens is 1. The molecule has 0 aromatic carbocycles. The average Bonchev–Trinajstić information content (AvgIpc) is 3.05. The predicted molar refractivity (Wildman–Crippen MR) is 137 cm³/mol. The third kappa shape index (κ3) is 4.56. The molecule has 0 radical (unpaired) electrons. The number of amides is 2. The van der Waals surface area contributed by atoms with Crippen LogP contribution < -0.4 is 10.7 Å². The zero-order chi connectivity index (χ0) is 27.2. The van der Waals surface area contributed by atoms with Gasteiger partial charge in [0, 0.05) is 25.7 Å². The van der Waals surface area contributed by atoms with Crippen molar-refractivity contribution in [2.75, 3.05) is 6.61 Å². The van der Waals surface area contributed by atoms with Crippen LogP contribution in [-0.4, -0.2) is 48.1 Å². The Morgan fingerprint density at radius 2 is 1.86 bits per heavy atom. The molecule has 0 saturated heterocycles. The molecule has 3 fully saturated rings. The van der Waals surface area contributed by atoms with Crippen LogP contribution in [0.4, 0.5) is 9.18 Å². The molecule has 0 aromatic heterocycles. The molecule has 206 valence electrons. The van der Waals surface area contributed by atoms with Crippen LogP contribution in [-0.2, 0) is 19.1 Å². The van der Waals surface area contributed by atoms with Crippen molar-refractivity contribution in [3.05, 3.63) is 11.6 Å². The zero-order valence-electron chi connectivity index (χ0n) is 23.0. The van der Waals surface area contributed by atoms with Gasteiger partial charge in [0.2, 0.25) is 5.91 Å². The van der Waals surface area contributed by atoms with E-state index in [2.05, 4.69) is 28.8 Å². The van der Waals surface area contributed by atoms with Crippen LogP contribution in [0.2, 0.25) is 0 Å². The number of allylic oxidation sites excluding steroid dienone is 1. The number of carbonyl (C=O) groups is 3. The van der Waals surface area contributed by atoms with Crippen molar-refractivity contribution >= 4 is 23.7 Å². The number of alkyl halides is 1. The molecule has 0 unspecified atom stereocenters. The number of hydrogen-bond donors (Lipinski definition) is 2. The highest BCUT2D eigenvalue weighted by atomic mass is 19.1. The second kappa shape index (κ2) is 10.0. The average molecular weight is 520 g/mol. The van der Waals surface area contributed by atoms with Crippen molar-refractivity contribution < 1.29 is 28.2 Å². The Hall–Kier alpha value is -2.45. The van der Waals surface area contributed by atoms with Crippen LogP contribution in [0.5, 0.6) is 0 Å². The Labute approximate surface area is 219 Å². The van der Waals surface area contributed by atoms with E-state index in [1.807, 2.05) is 6.92 Å². The minimum Gasteiger partial charge on any atom is -0.462 e. The SMILES string of the molecule is CCOC(=O)NN=C(C)[C@@]1(F)[C@H](NC(C)=O)C[C@H]2[C@@H]3CC=C4C[C@@H](OC(C)=O)CC[C@]4(C)[C@H]3CC[C@@]21C. The highest BCUT2D eigenvalue weighted by molar-refractivity contribution is 5.94. The van der Waals surface area contributed by atoms with Gasteiger partial charge >= 0.3 is 12.1 Å². The summed E-state index contributed by atoms with van der Waals surface area (Å²) in [5, 5.41) is 7.01. The summed E-state index contributed by atoms with van der Waals surface area (Å²) in [5.41, 5.74) is 1.18. The van der Waals surface area contributed by atoms with Crippen LogP contribution in [0.15, 0.2) is 16.8 Å². The van der Waals surface area contributed by atoms with E-state index in [4.69, 9.17) is 9.47 Å². The molecule has 4 rings (SSSR count). The first-order valence-corrected chi connectivity index (χ1v) is 13.7. The van der Waals surface area contributed by atoms with E-state index in [9.17, 15) is 14.4 Å². The standard InChI is InChI=1S/C28H42FN3O5/c1-7-36-25(35)32-31-16(2)28(29)24(30-17(3)33)15-23-21-9-8-19-14-20(37-18(4)34)10-12-26(19,5)22(21)11-13-27(23,28)6/h8,20-24H,7,9-15H2,1-6H3,(H,30,33)(H,32,35)/t20-,21+,22-,23-,24+,26-,27-,28+/m0/s1. The first-order valence-electron chi connectivity index (χ1n) is 13.7. The van der Waals surface area contributed by atoms with Gasteiger partial charge in [-0.2, -0.15) is 5.10 Å². The summed E-state index contributed by atoms with van der Waals surface area (Å²) in [7, 11) is 0. The number of rotatable bonds is 5. The third-order valence-electron chi connectivity index (χ3n) is 10.1. The van der Waals surface area contributed by atoms with Gasteiger partial charge in [-0.05, 0) is 75.5 Å². The van der Waals surface area contributed by atoms with E-state index in [1.165, 1.54) is 19.4 Å². The smallest absolute Gasteiger partial charge is 0.427 e. The minimum atomic E-state index is -1.91. The van der Waals surface area contributed by atoms with Crippen molar-refractivity contribution in [3.8, 4) is 0 Å². The summed E-state index contributed by atoms with van der Waals surface area (Å²) in [6.07, 6.45) is 6.99. The van der Waals surface area contributed by atoms with Crippen molar-refractivity contribution in [2.45, 2.75) is 104 Å². The molecule has 8 atom stereocenters. The summed E-state index contributed by atoms with van der Waals surface area (Å²) in [6, 6.07) is -0.732. The molecule has 4 aliphatic rings. The third-order valence-corrected chi connectivity index (χ3v) is 10.1. The largest absolute Gasteiger partial charge is 0.462 e. The van der Waals surface area contributed by atoms with E-state index in [1.54, 1.807) is 13.8 Å². The molecule has 0 bridgehead atoms. The second-order valence-electron chi connectivity index (χ2n) is 11.9. The maximum Gasteiger partial charge on any atom is 0.427 e. The summed E-state index contributed by atoms with van der Waals surface area (Å²) in [6.45, 7) is 10.7. The van der Waals surface area contributed by atoms with Crippen molar-refractivity contribution in [3.63, 3.8) is 0 Å². The molecule has 8 nitrogen and oxygen atoms in total. The lowest BCUT2D eigenvalue weighted by Gasteiger charge is -2.58. The predicted octanol–water partition coefficient (Wildman–Crippen LogP) is 4.83. The van der Waals surface area contributed by atoms with Crippen molar-refractivity contribution in [1.29, 1.82) is 0 Å². The maximum absolute atomic E-state index is 17.4. The van der Waals surface area contributed by atoms with Gasteiger partial charge in [-0.25, -0.2) is 14.6 Å². The number of carbonyl (C=O) groups excluding carboxylic acids is 3. The van der Waals surface area contributed by atoms with Gasteiger partial charge in [-0.15, -0.1) is 0 Å². The molecule has 0 heterocycles. The number of esters is 1. The van der Waals surface area contributed by atoms with E-state index in [0.29, 0.717) is 18.8 Å². The molecule has 2 amide bonds. The molecule has 37 heavy (non-hydrogen) atoms. The first kappa shape index (κ1) is 27.6. The number of fused-ring (bicyclic) bond motifs is 5. The normalized spacial score (nSPS) is 40.9. The highest BCUT2D eigenvalue weighted by Crippen LogP contribution is 2.68. The fourth-order valence-corrected chi connectivity index (χ4v) is 8.43. The number of nitrogens with zero attached hydrogens (tertiary/aromatic N) is 1. The van der Waals surface area contributed by atoms with E-state index >= 15 is 4.39 Å². The van der Waals surface area contributed by atoms with E-state index in [0.717, 1.165) is 32.1 Å². The van der Waals surface area contributed by atoms with Crippen LogP contribution in [0.3, 0.4) is 0 Å². The van der Waals surface area contributed by atoms with Gasteiger partial charge in [0.25, 0.3) is 0 Å². The first-order chi connectivity index (χ1) is 17.4. The van der Waals surface area contributed by atoms with Gasteiger partial charge < -0.3 is 14.8 Å². The zero-order valence-corrected chi connectivity index (χ0v) is 23.0. The van der Waals surface area contributed by atoms with Crippen LogP contribution >= 0.6 is 0 Å². The second-order valence-corrected chi connectivity index (χ2v) is 11.9. The molecule has 4 aliphatic carbocycles. The maximum atomic E-state index is 17.4. The molecule has 2 N–H and O–H groups in total. The van der Waals surface area contributed by atoms with Crippen LogP contribution in [0, 0.1) is 28.6 Å². The minimum absolute atomic E-state index is 0.000555. The lowest BCUT2D eigenvalue weighted by atomic mass is 9.47. The number of hydrazone groups is 1. The van der Waals surface area contributed by atoms with Crippen LogP contribution in [0.1, 0.15) is 86.5 Å². The Morgan fingerprint density at radius 1 is 1.14 bits per heavy atom. The summed E-state index contributed by atoms with van der Waals surface area (Å²) < 4.78 is 27.9. The quantitative estimate of drug-likeness (QED) is 0.234. The Balaban J connectivity index is 1.65. The molecule has 0 aromatic rings. The highest BCUT2D eigenvalue weighted by Gasteiger charge is 2.70. The van der Waals surface area contributed by atoms with Crippen LogP contribution in [0.25, 0.3) is 0 Å². The summed E-state index contributed by atoms with van der Waals surface area (Å²) in [4.78, 5) is 35.5. The fourth-order valence-electron chi connectivity index (χ4n) is 8.43. The van der Waals surface area contributed by atoms with Gasteiger partial charge in [0.05, 0.1) is 18.4 Å². The van der Waals surface area contributed by atoms with E-state index in [-0.39, 0.29) is 47.5 Å². The summed E-state index contributed by atoms with van der Waals surface area (Å²) in [5.74, 6) is 0.205. The lowest BCUT2D eigenvalue weighted by Crippen LogP contribution is -2.60. The van der Waals surface area contributed by atoms with Crippen molar-refractivity contribution in [2.24, 2.45) is 33.7 Å². The topological polar surface area (TPSA) is 106 Å². The van der Waals surface area contributed by atoms with Gasteiger partial charge in [0.15, 0.2) is 5.67 Å². The number of ether oxygens (including phenoxy) is 2. The lowest BCUT2D eigenvalue weighted by molar-refractivity contribution is -0.148. The summed E-state index contributed by atoms with van der Waals surface area (Å²) >= 11 is 0. The molecule has 0 aliphatic heterocycles. The fraction of sp³-hybridized carbons (Fsp3) is 0.786. The Bertz CT molecular complexity index is 1010. The number of hydrogen-bond acceptors (Lipinski definition) is 6. The van der Waals surface area contributed by atoms with Gasteiger partial charge in [0.1, 0.15) is 6.10 Å². The molecular weight excluding hydrogens is 477 g/mol. The van der Waals surface area contributed by atoms with Gasteiger partial charge in [-0.1, -0.05) is 25.5 Å². The van der Waals surface area contributed by atoms with Gasteiger partial charge in [-0.3, -0.25) is 9.59 Å². The Morgan fingerprint density at radius 3 is 2.51 bits per heavy atom. The molecule has 3 saturated carbocycles. The molecular formula is C28H42FN3O5. The number of nitrogens with one attached hydrogen (secondary N) is 2.